The number of rotatable bonds is 5. The molecular weight excluding hydrogens is 309 g/mol. The summed E-state index contributed by atoms with van der Waals surface area (Å²) in [7, 11) is -4.72. The highest BCUT2D eigenvalue weighted by Crippen LogP contribution is 2.38. The van der Waals surface area contributed by atoms with Crippen molar-refractivity contribution < 1.29 is 38.3 Å². The quantitative estimate of drug-likeness (QED) is 0.478. The van der Waals surface area contributed by atoms with E-state index in [0.29, 0.717) is 0 Å². The molecule has 1 aromatic rings. The van der Waals surface area contributed by atoms with Gasteiger partial charge in [-0.05, 0) is 0 Å². The third-order valence-electron chi connectivity index (χ3n) is 2.76. The second kappa shape index (κ2) is 5.54. The van der Waals surface area contributed by atoms with Crippen molar-refractivity contribution >= 4 is 19.5 Å². The zero-order valence-corrected chi connectivity index (χ0v) is 11.3. The van der Waals surface area contributed by atoms with E-state index < -0.39 is 44.3 Å². The molecule has 0 aromatic carbocycles. The van der Waals surface area contributed by atoms with Crippen LogP contribution in [0, 0.1) is 0 Å². The fraction of sp³-hybridized carbons (Fsp3) is 0.444. The normalized spacial score (nSPS) is 22.7. The van der Waals surface area contributed by atoms with E-state index in [-0.39, 0.29) is 12.1 Å². The van der Waals surface area contributed by atoms with Crippen LogP contribution in [-0.4, -0.2) is 48.8 Å². The predicted octanol–water partition coefficient (Wildman–Crippen LogP) is -1.35. The largest absolute Gasteiger partial charge is 0.493 e. The standard InChI is InChI=1S/C9H12N3O8P/c10-8(14)7-9(15)12(3-11-7)6-1-4(13)5(20-6)2-19-21(16,17)18/h3,5-6,15H,1-2H2,(H2,10,14)(H2,16,17,18)/t5-,6-/m1/s1. The van der Waals surface area contributed by atoms with Crippen LogP contribution < -0.4 is 5.73 Å². The molecule has 2 atom stereocenters. The minimum absolute atomic E-state index is 0.183. The highest BCUT2D eigenvalue weighted by atomic mass is 31.2. The highest BCUT2D eigenvalue weighted by molar-refractivity contribution is 7.46. The molecule has 1 amide bonds. The predicted molar refractivity (Wildman–Crippen MR) is 63.9 cm³/mol. The first kappa shape index (κ1) is 15.6. The number of hydrogen-bond donors (Lipinski definition) is 4. The van der Waals surface area contributed by atoms with Gasteiger partial charge in [0.2, 0.25) is 5.88 Å². The number of Topliss-reactive ketones (excluding diaryl/α,β-unsaturated/α-hetero) is 1. The number of aromatic nitrogens is 2. The number of imidazole rings is 1. The lowest BCUT2D eigenvalue weighted by Gasteiger charge is -2.14. The van der Waals surface area contributed by atoms with E-state index in [1.165, 1.54) is 0 Å². The van der Waals surface area contributed by atoms with Crippen molar-refractivity contribution in [1.82, 2.24) is 9.55 Å². The second-order valence-corrected chi connectivity index (χ2v) is 5.46. The Morgan fingerprint density at radius 2 is 2.29 bits per heavy atom. The number of carbonyl (C=O) groups is 2. The molecule has 0 unspecified atom stereocenters. The average molecular weight is 321 g/mol. The van der Waals surface area contributed by atoms with Gasteiger partial charge in [0.1, 0.15) is 18.7 Å². The van der Waals surface area contributed by atoms with E-state index >= 15 is 0 Å². The van der Waals surface area contributed by atoms with Gasteiger partial charge in [-0.25, -0.2) is 9.55 Å². The summed E-state index contributed by atoms with van der Waals surface area (Å²) in [6.07, 6.45) is -1.28. The smallest absolute Gasteiger partial charge is 0.469 e. The monoisotopic (exact) mass is 321 g/mol. The molecule has 1 aliphatic heterocycles. The Morgan fingerprint density at radius 3 is 2.81 bits per heavy atom. The summed E-state index contributed by atoms with van der Waals surface area (Å²) in [5.41, 5.74) is 4.61. The molecule has 0 saturated carbocycles. The Morgan fingerprint density at radius 1 is 1.62 bits per heavy atom. The zero-order valence-electron chi connectivity index (χ0n) is 10.4. The van der Waals surface area contributed by atoms with Gasteiger partial charge in [-0.15, -0.1) is 0 Å². The van der Waals surface area contributed by atoms with Crippen LogP contribution in [0.25, 0.3) is 0 Å². The summed E-state index contributed by atoms with van der Waals surface area (Å²) < 4.78 is 21.0. The van der Waals surface area contributed by atoms with Crippen LogP contribution in [0.1, 0.15) is 23.1 Å². The van der Waals surface area contributed by atoms with Crippen molar-refractivity contribution in [2.45, 2.75) is 18.8 Å². The molecule has 2 heterocycles. The lowest BCUT2D eigenvalue weighted by atomic mass is 10.2. The Hall–Kier alpha value is -1.78. The summed E-state index contributed by atoms with van der Waals surface area (Å²) in [5.74, 6) is -1.98. The fourth-order valence-electron chi connectivity index (χ4n) is 1.82. The number of ether oxygens (including phenoxy) is 1. The Kier molecular flexibility index (Phi) is 4.12. The van der Waals surface area contributed by atoms with E-state index in [2.05, 4.69) is 9.51 Å². The van der Waals surface area contributed by atoms with Gasteiger partial charge < -0.3 is 25.4 Å². The third-order valence-corrected chi connectivity index (χ3v) is 3.25. The first-order valence-corrected chi connectivity index (χ1v) is 7.16. The molecule has 0 radical (unpaired) electrons. The molecule has 0 bridgehead atoms. The van der Waals surface area contributed by atoms with Gasteiger partial charge in [0.15, 0.2) is 11.5 Å². The van der Waals surface area contributed by atoms with E-state index in [1.807, 2.05) is 0 Å². The van der Waals surface area contributed by atoms with E-state index in [1.54, 1.807) is 0 Å². The Bertz CT molecular complexity index is 623. The van der Waals surface area contributed by atoms with Gasteiger partial charge in [-0.1, -0.05) is 0 Å². The number of phosphoric acid groups is 1. The summed E-state index contributed by atoms with van der Waals surface area (Å²) in [6, 6.07) is 0. The molecule has 5 N–H and O–H groups in total. The zero-order chi connectivity index (χ0) is 15.8. The number of hydrogen-bond acceptors (Lipinski definition) is 7. The van der Waals surface area contributed by atoms with Crippen molar-refractivity contribution in [2.24, 2.45) is 5.73 Å². The maximum Gasteiger partial charge on any atom is 0.469 e. The van der Waals surface area contributed by atoms with Crippen LogP contribution in [0.15, 0.2) is 6.33 Å². The van der Waals surface area contributed by atoms with E-state index in [9.17, 15) is 19.3 Å². The van der Waals surface area contributed by atoms with Gasteiger partial charge in [0, 0.05) is 0 Å². The molecule has 2 rings (SSSR count). The summed E-state index contributed by atoms with van der Waals surface area (Å²) >= 11 is 0. The second-order valence-electron chi connectivity index (χ2n) is 4.22. The number of ketones is 1. The lowest BCUT2D eigenvalue weighted by Crippen LogP contribution is -2.21. The third kappa shape index (κ3) is 3.46. The molecule has 12 heteroatoms. The van der Waals surface area contributed by atoms with Crippen LogP contribution in [-0.2, 0) is 18.6 Å². The molecular formula is C9H12N3O8P. The van der Waals surface area contributed by atoms with Crippen molar-refractivity contribution in [3.05, 3.63) is 12.0 Å². The molecule has 11 nitrogen and oxygen atoms in total. The van der Waals surface area contributed by atoms with Gasteiger partial charge in [0.25, 0.3) is 5.91 Å². The summed E-state index contributed by atoms with van der Waals surface area (Å²) in [5, 5.41) is 9.74. The fourth-order valence-corrected chi connectivity index (χ4v) is 2.15. The molecule has 0 spiro atoms. The molecule has 1 aliphatic rings. The van der Waals surface area contributed by atoms with Crippen LogP contribution in [0.3, 0.4) is 0 Å². The van der Waals surface area contributed by atoms with Gasteiger partial charge >= 0.3 is 7.82 Å². The number of nitrogens with zero attached hydrogens (tertiary/aromatic N) is 2. The molecule has 116 valence electrons. The number of nitrogens with two attached hydrogens (primary N) is 1. The Balaban J connectivity index is 2.09. The molecule has 1 saturated heterocycles. The minimum Gasteiger partial charge on any atom is -0.493 e. The van der Waals surface area contributed by atoms with Gasteiger partial charge in [0.05, 0.1) is 13.0 Å². The van der Waals surface area contributed by atoms with Crippen molar-refractivity contribution in [3.8, 4) is 5.88 Å². The highest BCUT2D eigenvalue weighted by Gasteiger charge is 2.37. The van der Waals surface area contributed by atoms with Crippen LogP contribution >= 0.6 is 7.82 Å². The SMILES string of the molecule is NC(=O)c1ncn([C@H]2CC(=O)[C@@H](COP(=O)(O)O)O2)c1O. The van der Waals surface area contributed by atoms with Crippen molar-refractivity contribution in [3.63, 3.8) is 0 Å². The minimum atomic E-state index is -4.72. The van der Waals surface area contributed by atoms with Crippen molar-refractivity contribution in [1.29, 1.82) is 0 Å². The summed E-state index contributed by atoms with van der Waals surface area (Å²) in [4.78, 5) is 43.4. The topological polar surface area (TPSA) is 174 Å². The first-order chi connectivity index (χ1) is 9.69. The van der Waals surface area contributed by atoms with Crippen molar-refractivity contribution in [2.75, 3.05) is 6.61 Å². The molecule has 1 aromatic heterocycles. The Labute approximate surface area is 117 Å². The van der Waals surface area contributed by atoms with Crippen LogP contribution in [0.5, 0.6) is 5.88 Å². The first-order valence-electron chi connectivity index (χ1n) is 5.63. The molecule has 0 aliphatic carbocycles. The van der Waals surface area contributed by atoms with Gasteiger partial charge in [-0.3, -0.25) is 18.7 Å². The molecule has 21 heavy (non-hydrogen) atoms. The number of phosphoric ester groups is 1. The molecule has 1 fully saturated rings. The van der Waals surface area contributed by atoms with Crippen LogP contribution in [0.2, 0.25) is 0 Å². The average Bonchev–Trinajstić information content (AvgIpc) is 2.89. The summed E-state index contributed by atoms with van der Waals surface area (Å²) in [6.45, 7) is -0.627. The number of carbonyl (C=O) groups excluding carboxylic acids is 2. The lowest BCUT2D eigenvalue weighted by molar-refractivity contribution is -0.124. The number of aromatic hydroxyl groups is 1. The van der Waals surface area contributed by atoms with Gasteiger partial charge in [-0.2, -0.15) is 0 Å². The van der Waals surface area contributed by atoms with Crippen LogP contribution in [0.4, 0.5) is 0 Å². The van der Waals surface area contributed by atoms with E-state index in [4.69, 9.17) is 20.3 Å². The number of amides is 1. The maximum atomic E-state index is 11.7. The number of primary amides is 1. The van der Waals surface area contributed by atoms with E-state index in [0.717, 1.165) is 10.9 Å². The maximum absolute atomic E-state index is 11.7.